The average Bonchev–Trinajstić information content (AvgIpc) is 3.56. The zero-order valence-electron chi connectivity index (χ0n) is 28.9. The maximum atomic E-state index is 13.5. The Balaban J connectivity index is 1.54. The number of carbonyl (C=O) groups is 3. The van der Waals surface area contributed by atoms with E-state index >= 15 is 0 Å². The summed E-state index contributed by atoms with van der Waals surface area (Å²) in [6.45, 7) is 6.06. The van der Waals surface area contributed by atoms with E-state index in [1.54, 1.807) is 14.2 Å². The number of ether oxygens (including phenoxy) is 8. The first-order chi connectivity index (χ1) is 24.0. The lowest BCUT2D eigenvalue weighted by Crippen LogP contribution is -2.69. The Hall–Kier alpha value is -4.23. The minimum Gasteiger partial charge on any atom is -0.493 e. The molecule has 0 aliphatic carbocycles. The highest BCUT2D eigenvalue weighted by Crippen LogP contribution is 2.64. The van der Waals surface area contributed by atoms with E-state index in [2.05, 4.69) is 21.9 Å². The summed E-state index contributed by atoms with van der Waals surface area (Å²) in [5.41, 5.74) is 4.68. The van der Waals surface area contributed by atoms with E-state index in [4.69, 9.17) is 37.9 Å². The number of rotatable bonds is 6. The largest absolute Gasteiger partial charge is 0.493 e. The molecule has 14 nitrogen and oxygen atoms in total. The molecule has 266 valence electrons. The van der Waals surface area contributed by atoms with Crippen LogP contribution < -0.4 is 23.7 Å². The van der Waals surface area contributed by atoms with Gasteiger partial charge in [-0.3, -0.25) is 19.4 Å². The molecule has 50 heavy (non-hydrogen) atoms. The van der Waals surface area contributed by atoms with Crippen molar-refractivity contribution in [2.45, 2.75) is 75.7 Å². The van der Waals surface area contributed by atoms with Gasteiger partial charge in [-0.2, -0.15) is 5.26 Å². The lowest BCUT2D eigenvalue weighted by atomic mass is 9.71. The van der Waals surface area contributed by atoms with Crippen LogP contribution in [0.4, 0.5) is 0 Å². The number of fused-ring (bicyclic) bond motifs is 9. The number of thioether (sulfide) groups is 1. The fraction of sp³-hybridized carbons (Fsp3) is 0.543. The van der Waals surface area contributed by atoms with Crippen LogP contribution in [0, 0.1) is 25.2 Å². The summed E-state index contributed by atoms with van der Waals surface area (Å²) in [6, 6.07) is 2.14. The molecular formula is C35H39N3O11S. The summed E-state index contributed by atoms with van der Waals surface area (Å²) < 4.78 is 47.1. The Bertz CT molecular complexity index is 1810. The summed E-state index contributed by atoms with van der Waals surface area (Å²) in [7, 11) is 5.15. The average molecular weight is 710 g/mol. The first-order valence-electron chi connectivity index (χ1n) is 16.3. The topological polar surface area (TPSA) is 155 Å². The third-order valence-electron chi connectivity index (χ3n) is 10.2. The predicted octanol–water partition coefficient (Wildman–Crippen LogP) is 3.44. The Labute approximate surface area is 293 Å². The van der Waals surface area contributed by atoms with E-state index in [1.807, 2.05) is 20.9 Å². The first-order valence-corrected chi connectivity index (χ1v) is 17.4. The second-order valence-electron chi connectivity index (χ2n) is 13.0. The highest BCUT2D eigenvalue weighted by Gasteiger charge is 2.61. The zero-order chi connectivity index (χ0) is 35.6. The quantitative estimate of drug-likeness (QED) is 0.244. The van der Waals surface area contributed by atoms with E-state index in [-0.39, 0.29) is 32.0 Å². The molecule has 5 aliphatic rings. The molecule has 7 atom stereocenters. The summed E-state index contributed by atoms with van der Waals surface area (Å²) in [6.07, 6.45) is -0.655. The number of aryl methyl sites for hydroxylation is 1. The Kier molecular flexibility index (Phi) is 9.00. The van der Waals surface area contributed by atoms with Gasteiger partial charge in [0.1, 0.15) is 18.4 Å². The second-order valence-corrected chi connectivity index (χ2v) is 14.2. The predicted molar refractivity (Wildman–Crippen MR) is 176 cm³/mol. The molecule has 5 heterocycles. The molecule has 15 heteroatoms. The van der Waals surface area contributed by atoms with Crippen molar-refractivity contribution >= 4 is 29.7 Å². The number of hydrogen-bond donors (Lipinski definition) is 0. The fourth-order valence-corrected chi connectivity index (χ4v) is 9.94. The Morgan fingerprint density at radius 2 is 1.80 bits per heavy atom. The number of nitrogens with zero attached hydrogens (tertiary/aromatic N) is 3. The van der Waals surface area contributed by atoms with Crippen molar-refractivity contribution in [3.63, 3.8) is 0 Å². The summed E-state index contributed by atoms with van der Waals surface area (Å²) in [5.74, 6) is 0.508. The molecule has 7 rings (SSSR count). The molecular weight excluding hydrogens is 670 g/mol. The maximum absolute atomic E-state index is 13.5. The van der Waals surface area contributed by atoms with Crippen LogP contribution >= 0.6 is 11.8 Å². The van der Waals surface area contributed by atoms with E-state index in [0.717, 1.165) is 16.7 Å². The molecule has 0 radical (unpaired) electrons. The van der Waals surface area contributed by atoms with Gasteiger partial charge in [0, 0.05) is 61.0 Å². The minimum atomic E-state index is -1.19. The summed E-state index contributed by atoms with van der Waals surface area (Å²) in [4.78, 5) is 42.7. The molecule has 0 N–H and O–H groups in total. The molecule has 5 aliphatic heterocycles. The molecule has 0 aromatic heterocycles. The standard InChI is InChI=1S/C35H39N3O11S/c1-15-8-19-9-20-21(10-36)38-22-11-44-35(41)23(48-17(3)39)12-50-34(26-25(22)33-31(46-14-47-33)16(2)30(26)49-18(4)40)28(38)27(37(20)5)24(19)32(29(15)43-7)45-13-42-6/h8,20-23,27-28,34H,9,11-14H2,1-7H3/t20-,21-,22-,23+,27+,28?,34+/m0/s1. The van der Waals surface area contributed by atoms with E-state index < -0.39 is 53.4 Å². The molecule has 2 saturated heterocycles. The zero-order valence-corrected chi connectivity index (χ0v) is 29.7. The van der Waals surface area contributed by atoms with Crippen molar-refractivity contribution in [2.75, 3.05) is 47.2 Å². The van der Waals surface area contributed by atoms with Crippen LogP contribution in [0.5, 0.6) is 28.7 Å². The highest BCUT2D eigenvalue weighted by atomic mass is 32.2. The number of cyclic esters (lactones) is 1. The van der Waals surface area contributed by atoms with E-state index in [9.17, 15) is 19.6 Å². The smallest absolute Gasteiger partial charge is 0.348 e. The van der Waals surface area contributed by atoms with Crippen LogP contribution in [0.15, 0.2) is 6.07 Å². The van der Waals surface area contributed by atoms with Gasteiger partial charge in [0.15, 0.2) is 29.8 Å². The maximum Gasteiger partial charge on any atom is 0.348 e. The Morgan fingerprint density at radius 3 is 2.48 bits per heavy atom. The van der Waals surface area contributed by atoms with Crippen LogP contribution in [0.3, 0.4) is 0 Å². The lowest BCUT2D eigenvalue weighted by molar-refractivity contribution is -0.168. The molecule has 2 aromatic rings. The van der Waals surface area contributed by atoms with Crippen molar-refractivity contribution in [1.82, 2.24) is 9.80 Å². The van der Waals surface area contributed by atoms with Gasteiger partial charge >= 0.3 is 17.9 Å². The summed E-state index contributed by atoms with van der Waals surface area (Å²) >= 11 is 1.37. The molecule has 4 bridgehead atoms. The van der Waals surface area contributed by atoms with E-state index in [0.29, 0.717) is 51.9 Å². The third-order valence-corrected chi connectivity index (χ3v) is 11.6. The van der Waals surface area contributed by atoms with Crippen LogP contribution in [-0.2, 0) is 35.0 Å². The van der Waals surface area contributed by atoms with Gasteiger partial charge in [-0.15, -0.1) is 11.8 Å². The first kappa shape index (κ1) is 34.2. The molecule has 0 saturated carbocycles. The lowest BCUT2D eigenvalue weighted by Gasteiger charge is -2.61. The van der Waals surface area contributed by atoms with Crippen LogP contribution in [0.2, 0.25) is 0 Å². The van der Waals surface area contributed by atoms with Crippen molar-refractivity contribution in [3.8, 4) is 34.8 Å². The van der Waals surface area contributed by atoms with Crippen LogP contribution in [0.1, 0.15) is 64.6 Å². The number of methoxy groups -OCH3 is 2. The number of benzene rings is 2. The van der Waals surface area contributed by atoms with Gasteiger partial charge < -0.3 is 37.9 Å². The normalized spacial score (nSPS) is 28.0. The Morgan fingerprint density at radius 1 is 1.04 bits per heavy atom. The van der Waals surface area contributed by atoms with Gasteiger partial charge in [0.25, 0.3) is 0 Å². The number of likely N-dealkylation sites (N-methyl/N-ethyl adjacent to an activating group) is 1. The second kappa shape index (κ2) is 13.1. The van der Waals surface area contributed by atoms with Crippen molar-refractivity contribution in [1.29, 1.82) is 5.26 Å². The SMILES string of the molecule is COCOc1c(OC)c(C)cc2c1[C@@H]1C3[C@@H]4SC[C@@H](OC(C)=O)C(=O)OC[C@@H](c5c6c(c(C)c(OC(C)=O)c54)OCO6)N3[C@@H](C#N)[C@H](C2)N1C. The van der Waals surface area contributed by atoms with Gasteiger partial charge in [-0.1, -0.05) is 6.07 Å². The van der Waals surface area contributed by atoms with Crippen molar-refractivity contribution in [2.24, 2.45) is 0 Å². The van der Waals surface area contributed by atoms with Crippen molar-refractivity contribution in [3.05, 3.63) is 39.4 Å². The fourth-order valence-electron chi connectivity index (χ4n) is 8.47. The number of piperazine rings is 1. The van der Waals surface area contributed by atoms with Gasteiger partial charge in [0.05, 0.1) is 30.5 Å². The van der Waals surface area contributed by atoms with Crippen LogP contribution in [0.25, 0.3) is 0 Å². The monoisotopic (exact) mass is 709 g/mol. The third kappa shape index (κ3) is 5.23. The number of nitriles is 1. The molecule has 2 aromatic carbocycles. The molecule has 0 spiro atoms. The number of esters is 3. The van der Waals surface area contributed by atoms with Gasteiger partial charge in [0.2, 0.25) is 12.9 Å². The summed E-state index contributed by atoms with van der Waals surface area (Å²) in [5, 5.41) is 10.4. The van der Waals surface area contributed by atoms with Gasteiger partial charge in [-0.05, 0) is 38.4 Å². The van der Waals surface area contributed by atoms with Crippen LogP contribution in [-0.4, -0.2) is 99.2 Å². The molecule has 0 amide bonds. The number of hydrogen-bond acceptors (Lipinski definition) is 15. The number of carbonyl (C=O) groups excluding carboxylic acids is 3. The van der Waals surface area contributed by atoms with Gasteiger partial charge in [-0.25, -0.2) is 4.79 Å². The molecule has 2 fully saturated rings. The minimum absolute atomic E-state index is 0.0236. The highest BCUT2D eigenvalue weighted by molar-refractivity contribution is 7.99. The van der Waals surface area contributed by atoms with E-state index in [1.165, 1.54) is 25.6 Å². The molecule has 1 unspecified atom stereocenters. The van der Waals surface area contributed by atoms with Crippen molar-refractivity contribution < 1.29 is 52.3 Å².